The highest BCUT2D eigenvalue weighted by Gasteiger charge is 2.19. The zero-order chi connectivity index (χ0) is 14.4. The zero-order valence-electron chi connectivity index (χ0n) is 10.2. The number of aliphatic carboxylic acids is 1. The van der Waals surface area contributed by atoms with Crippen LogP contribution in [0.3, 0.4) is 0 Å². The Morgan fingerprint density at radius 3 is 2.68 bits per heavy atom. The van der Waals surface area contributed by atoms with E-state index in [2.05, 4.69) is 26.6 Å². The number of anilines is 1. The second-order valence-electron chi connectivity index (χ2n) is 3.87. The average Bonchev–Trinajstić information content (AvgIpc) is 2.33. The van der Waals surface area contributed by atoms with Crippen molar-refractivity contribution in [2.75, 3.05) is 5.32 Å². The SMILES string of the molecule is CCC[C@H](NC(=O)Nc1c(F)cccc1Br)C(=O)O. The molecule has 0 saturated heterocycles. The number of urea groups is 1. The van der Waals surface area contributed by atoms with E-state index in [4.69, 9.17) is 5.11 Å². The fraction of sp³-hybridized carbons (Fsp3) is 0.333. The number of benzene rings is 1. The third-order valence-electron chi connectivity index (χ3n) is 2.38. The van der Waals surface area contributed by atoms with Crippen molar-refractivity contribution in [2.24, 2.45) is 0 Å². The highest BCUT2D eigenvalue weighted by atomic mass is 79.9. The zero-order valence-corrected chi connectivity index (χ0v) is 11.8. The van der Waals surface area contributed by atoms with Gasteiger partial charge in [-0.05, 0) is 34.5 Å². The molecular formula is C12H14BrFN2O3. The lowest BCUT2D eigenvalue weighted by molar-refractivity contribution is -0.139. The van der Waals surface area contributed by atoms with Gasteiger partial charge in [0.25, 0.3) is 0 Å². The number of halogens is 2. The Kier molecular flexibility index (Phi) is 5.75. The number of para-hydroxylation sites is 1. The van der Waals surface area contributed by atoms with Crippen LogP contribution in [0.4, 0.5) is 14.9 Å². The van der Waals surface area contributed by atoms with Gasteiger partial charge >= 0.3 is 12.0 Å². The number of hydrogen-bond donors (Lipinski definition) is 3. The quantitative estimate of drug-likeness (QED) is 0.775. The molecule has 3 N–H and O–H groups in total. The molecule has 19 heavy (non-hydrogen) atoms. The first-order chi connectivity index (χ1) is 8.95. The van der Waals surface area contributed by atoms with Crippen LogP contribution in [0.5, 0.6) is 0 Å². The number of carboxylic acid groups (broad SMARTS) is 1. The molecule has 0 radical (unpaired) electrons. The Balaban J connectivity index is 2.72. The van der Waals surface area contributed by atoms with Gasteiger partial charge in [0.05, 0.1) is 5.69 Å². The molecule has 0 unspecified atom stereocenters. The third-order valence-corrected chi connectivity index (χ3v) is 3.04. The molecule has 0 spiro atoms. The van der Waals surface area contributed by atoms with E-state index >= 15 is 0 Å². The van der Waals surface area contributed by atoms with Crippen molar-refractivity contribution in [1.82, 2.24) is 5.32 Å². The first-order valence-corrected chi connectivity index (χ1v) is 6.49. The number of rotatable bonds is 5. The Hall–Kier alpha value is -1.63. The van der Waals surface area contributed by atoms with Gasteiger partial charge in [-0.2, -0.15) is 0 Å². The van der Waals surface area contributed by atoms with Crippen LogP contribution in [-0.2, 0) is 4.79 Å². The van der Waals surface area contributed by atoms with Gasteiger partial charge in [0.15, 0.2) is 0 Å². The molecule has 1 aromatic rings. The molecule has 0 saturated carbocycles. The van der Waals surface area contributed by atoms with Crippen LogP contribution in [0.1, 0.15) is 19.8 Å². The first-order valence-electron chi connectivity index (χ1n) is 5.70. The van der Waals surface area contributed by atoms with Crippen molar-refractivity contribution >= 4 is 33.6 Å². The van der Waals surface area contributed by atoms with Gasteiger partial charge in [-0.25, -0.2) is 14.0 Å². The molecule has 1 atom stereocenters. The third kappa shape index (κ3) is 4.51. The topological polar surface area (TPSA) is 78.4 Å². The monoisotopic (exact) mass is 332 g/mol. The summed E-state index contributed by atoms with van der Waals surface area (Å²) in [6.07, 6.45) is 0.918. The van der Waals surface area contributed by atoms with Crippen LogP contribution in [0.15, 0.2) is 22.7 Å². The summed E-state index contributed by atoms with van der Waals surface area (Å²) in [4.78, 5) is 22.5. The van der Waals surface area contributed by atoms with Crippen molar-refractivity contribution in [3.8, 4) is 0 Å². The summed E-state index contributed by atoms with van der Waals surface area (Å²) >= 11 is 3.10. The molecule has 2 amide bonds. The van der Waals surface area contributed by atoms with Crippen molar-refractivity contribution in [2.45, 2.75) is 25.8 Å². The first kappa shape index (κ1) is 15.4. The average molecular weight is 333 g/mol. The molecule has 0 bridgehead atoms. The van der Waals surface area contributed by atoms with E-state index in [1.54, 1.807) is 6.07 Å². The van der Waals surface area contributed by atoms with E-state index in [1.807, 2.05) is 6.92 Å². The molecule has 5 nitrogen and oxygen atoms in total. The normalized spacial score (nSPS) is 11.7. The smallest absolute Gasteiger partial charge is 0.326 e. The maximum atomic E-state index is 13.5. The van der Waals surface area contributed by atoms with E-state index in [0.29, 0.717) is 17.3 Å². The van der Waals surface area contributed by atoms with E-state index in [9.17, 15) is 14.0 Å². The van der Waals surface area contributed by atoms with Gasteiger partial charge in [-0.3, -0.25) is 0 Å². The summed E-state index contributed by atoms with van der Waals surface area (Å²) in [7, 11) is 0. The van der Waals surface area contributed by atoms with E-state index in [-0.39, 0.29) is 5.69 Å². The number of hydrogen-bond acceptors (Lipinski definition) is 2. The molecule has 7 heteroatoms. The second kappa shape index (κ2) is 7.08. The van der Waals surface area contributed by atoms with Crippen molar-refractivity contribution in [3.63, 3.8) is 0 Å². The molecule has 0 aromatic heterocycles. The Labute approximate surface area is 118 Å². The number of nitrogens with one attached hydrogen (secondary N) is 2. The fourth-order valence-corrected chi connectivity index (χ4v) is 1.91. The van der Waals surface area contributed by atoms with Crippen molar-refractivity contribution in [1.29, 1.82) is 0 Å². The number of amides is 2. The second-order valence-corrected chi connectivity index (χ2v) is 4.73. The molecular weight excluding hydrogens is 319 g/mol. The molecule has 1 rings (SSSR count). The molecule has 1 aromatic carbocycles. The molecule has 0 aliphatic rings. The number of carbonyl (C=O) groups excluding carboxylic acids is 1. The van der Waals surface area contributed by atoms with Crippen LogP contribution < -0.4 is 10.6 Å². The van der Waals surface area contributed by atoms with Gasteiger partial charge in [0, 0.05) is 4.47 Å². The van der Waals surface area contributed by atoms with Gasteiger partial charge in [0.2, 0.25) is 0 Å². The maximum absolute atomic E-state index is 13.5. The van der Waals surface area contributed by atoms with Crippen molar-refractivity contribution in [3.05, 3.63) is 28.5 Å². The standard InChI is InChI=1S/C12H14BrFN2O3/c1-2-4-9(11(17)18)15-12(19)16-10-7(13)5-3-6-8(10)14/h3,5-6,9H,2,4H2,1H3,(H,17,18)(H2,15,16,19)/t9-/m0/s1. The molecule has 104 valence electrons. The Bertz CT molecular complexity index is 462. The molecule has 0 heterocycles. The molecule has 0 aliphatic carbocycles. The van der Waals surface area contributed by atoms with Gasteiger partial charge in [0.1, 0.15) is 11.9 Å². The van der Waals surface area contributed by atoms with Crippen LogP contribution in [0.2, 0.25) is 0 Å². The molecule has 0 fully saturated rings. The van der Waals surface area contributed by atoms with Crippen molar-refractivity contribution < 1.29 is 19.1 Å². The van der Waals surface area contributed by atoms with Crippen LogP contribution in [-0.4, -0.2) is 23.1 Å². The summed E-state index contributed by atoms with van der Waals surface area (Å²) in [5.74, 6) is -1.73. The Morgan fingerprint density at radius 1 is 1.47 bits per heavy atom. The lowest BCUT2D eigenvalue weighted by Gasteiger charge is -2.15. The summed E-state index contributed by atoms with van der Waals surface area (Å²) in [5.41, 5.74) is -0.0272. The lowest BCUT2D eigenvalue weighted by Crippen LogP contribution is -2.43. The van der Waals surface area contributed by atoms with E-state index in [0.717, 1.165) is 0 Å². The van der Waals surface area contributed by atoms with Gasteiger partial charge in [-0.15, -0.1) is 0 Å². The van der Waals surface area contributed by atoms with Crippen LogP contribution in [0, 0.1) is 5.82 Å². The van der Waals surface area contributed by atoms with Crippen LogP contribution in [0.25, 0.3) is 0 Å². The lowest BCUT2D eigenvalue weighted by atomic mass is 10.2. The number of carboxylic acids is 1. The summed E-state index contributed by atoms with van der Waals surface area (Å²) < 4.78 is 13.8. The van der Waals surface area contributed by atoms with E-state index in [1.165, 1.54) is 12.1 Å². The highest BCUT2D eigenvalue weighted by molar-refractivity contribution is 9.10. The summed E-state index contributed by atoms with van der Waals surface area (Å²) in [6, 6.07) is 2.50. The molecule has 0 aliphatic heterocycles. The van der Waals surface area contributed by atoms with Crippen LogP contribution >= 0.6 is 15.9 Å². The number of carbonyl (C=O) groups is 2. The minimum atomic E-state index is -1.12. The summed E-state index contributed by atoms with van der Waals surface area (Å²) in [6.45, 7) is 1.81. The van der Waals surface area contributed by atoms with E-state index < -0.39 is 23.9 Å². The minimum absolute atomic E-state index is 0.0272. The Morgan fingerprint density at radius 2 is 2.16 bits per heavy atom. The maximum Gasteiger partial charge on any atom is 0.326 e. The van der Waals surface area contributed by atoms with Gasteiger partial charge in [-0.1, -0.05) is 19.4 Å². The summed E-state index contributed by atoms with van der Waals surface area (Å²) in [5, 5.41) is 13.5. The predicted octanol–water partition coefficient (Wildman–Crippen LogP) is 2.96. The minimum Gasteiger partial charge on any atom is -0.480 e. The highest BCUT2D eigenvalue weighted by Crippen LogP contribution is 2.24. The predicted molar refractivity (Wildman–Crippen MR) is 72.6 cm³/mol. The van der Waals surface area contributed by atoms with Gasteiger partial charge < -0.3 is 15.7 Å². The largest absolute Gasteiger partial charge is 0.480 e. The fourth-order valence-electron chi connectivity index (χ4n) is 1.47.